The molecule has 0 heterocycles. The number of ether oxygens (including phenoxy) is 1. The maximum Gasteiger partial charge on any atom is 0.319 e. The second-order valence-electron chi connectivity index (χ2n) is 5.76. The molecule has 2 rings (SSSR count). The molecule has 0 fully saturated rings. The van der Waals surface area contributed by atoms with Crippen molar-refractivity contribution in [2.75, 3.05) is 23.8 Å². The largest absolute Gasteiger partial charge is 0.456 e. The number of nitrogens with one attached hydrogen (secondary N) is 3. The van der Waals surface area contributed by atoms with Crippen LogP contribution < -0.4 is 16.0 Å². The summed E-state index contributed by atoms with van der Waals surface area (Å²) in [5, 5.41) is 7.84. The molecule has 142 valence electrons. The fourth-order valence-electron chi connectivity index (χ4n) is 2.21. The van der Waals surface area contributed by atoms with Crippen LogP contribution in [0.15, 0.2) is 54.6 Å². The number of carbonyl (C=O) groups is 3. The molecule has 3 N–H and O–H groups in total. The Hall–Kier alpha value is -3.35. The molecule has 0 aliphatic rings. The summed E-state index contributed by atoms with van der Waals surface area (Å²) in [7, 11) is 0. The van der Waals surface area contributed by atoms with Gasteiger partial charge in [-0.25, -0.2) is 4.79 Å². The average Bonchev–Trinajstić information content (AvgIpc) is 2.68. The van der Waals surface area contributed by atoms with Crippen molar-refractivity contribution in [1.29, 1.82) is 0 Å². The highest BCUT2D eigenvalue weighted by atomic mass is 16.5. The first-order valence-electron chi connectivity index (χ1n) is 8.71. The first-order valence-corrected chi connectivity index (χ1v) is 8.71. The predicted octanol–water partition coefficient (Wildman–Crippen LogP) is 2.94. The van der Waals surface area contributed by atoms with Gasteiger partial charge in [0.15, 0.2) is 6.61 Å². The number of rotatable bonds is 8. The molecule has 0 aliphatic carbocycles. The van der Waals surface area contributed by atoms with Gasteiger partial charge >= 0.3 is 12.0 Å². The van der Waals surface area contributed by atoms with Gasteiger partial charge in [0.1, 0.15) is 0 Å². The Kier molecular flexibility index (Phi) is 7.84. The highest BCUT2D eigenvalue weighted by Gasteiger charge is 2.09. The van der Waals surface area contributed by atoms with Gasteiger partial charge in [-0.2, -0.15) is 0 Å². The smallest absolute Gasteiger partial charge is 0.319 e. The van der Waals surface area contributed by atoms with Crippen molar-refractivity contribution < 1.29 is 19.1 Å². The van der Waals surface area contributed by atoms with Gasteiger partial charge < -0.3 is 20.7 Å². The van der Waals surface area contributed by atoms with Crippen molar-refractivity contribution in [3.05, 3.63) is 60.2 Å². The highest BCUT2D eigenvalue weighted by Crippen LogP contribution is 2.09. The van der Waals surface area contributed by atoms with Crippen molar-refractivity contribution in [2.24, 2.45) is 0 Å². The summed E-state index contributed by atoms with van der Waals surface area (Å²) in [6.45, 7) is 1.79. The molecular formula is C20H23N3O4. The van der Waals surface area contributed by atoms with Gasteiger partial charge in [0.2, 0.25) is 0 Å². The minimum Gasteiger partial charge on any atom is -0.456 e. The Balaban J connectivity index is 1.61. The summed E-state index contributed by atoms with van der Waals surface area (Å²) >= 11 is 0. The Labute approximate surface area is 158 Å². The van der Waals surface area contributed by atoms with Crippen LogP contribution in [0, 0.1) is 0 Å². The molecule has 0 saturated heterocycles. The van der Waals surface area contributed by atoms with Crippen LogP contribution >= 0.6 is 0 Å². The van der Waals surface area contributed by atoms with Gasteiger partial charge in [0, 0.05) is 17.9 Å². The second-order valence-corrected chi connectivity index (χ2v) is 5.76. The maximum atomic E-state index is 11.8. The Morgan fingerprint density at radius 1 is 0.889 bits per heavy atom. The molecule has 0 aliphatic heterocycles. The molecule has 27 heavy (non-hydrogen) atoms. The Bertz CT molecular complexity index is 761. The molecule has 7 heteroatoms. The number of hydrogen-bond donors (Lipinski definition) is 3. The van der Waals surface area contributed by atoms with E-state index < -0.39 is 17.9 Å². The molecule has 0 radical (unpaired) electrons. The zero-order valence-electron chi connectivity index (χ0n) is 15.2. The first kappa shape index (κ1) is 20.0. The fraction of sp³-hybridized carbons (Fsp3) is 0.250. The van der Waals surface area contributed by atoms with Gasteiger partial charge in [0.25, 0.3) is 5.91 Å². The third-order valence-corrected chi connectivity index (χ3v) is 3.66. The van der Waals surface area contributed by atoms with Crippen molar-refractivity contribution >= 4 is 29.3 Å². The number of para-hydroxylation sites is 1. The second kappa shape index (κ2) is 10.6. The van der Waals surface area contributed by atoms with E-state index in [9.17, 15) is 14.4 Å². The third kappa shape index (κ3) is 7.60. The molecule has 7 nitrogen and oxygen atoms in total. The molecule has 0 unspecified atom stereocenters. The van der Waals surface area contributed by atoms with Crippen LogP contribution in [0.1, 0.15) is 18.9 Å². The lowest BCUT2D eigenvalue weighted by molar-refractivity contribution is -0.147. The number of carbonyl (C=O) groups excluding carboxylic acids is 3. The molecule has 0 atom stereocenters. The number of hydrogen-bond acceptors (Lipinski definition) is 4. The maximum absolute atomic E-state index is 11.8. The van der Waals surface area contributed by atoms with Crippen LogP contribution in [0.5, 0.6) is 0 Å². The third-order valence-electron chi connectivity index (χ3n) is 3.66. The van der Waals surface area contributed by atoms with Crippen LogP contribution in [0.2, 0.25) is 0 Å². The fourth-order valence-corrected chi connectivity index (χ4v) is 2.21. The topological polar surface area (TPSA) is 96.5 Å². The summed E-state index contributed by atoms with van der Waals surface area (Å²) in [6, 6.07) is 16.0. The summed E-state index contributed by atoms with van der Waals surface area (Å²) in [4.78, 5) is 35.1. The quantitative estimate of drug-likeness (QED) is 0.623. The van der Waals surface area contributed by atoms with E-state index in [0.29, 0.717) is 11.4 Å². The van der Waals surface area contributed by atoms with E-state index >= 15 is 0 Å². The Morgan fingerprint density at radius 3 is 2.22 bits per heavy atom. The van der Waals surface area contributed by atoms with Crippen molar-refractivity contribution in [2.45, 2.75) is 19.8 Å². The minimum absolute atomic E-state index is 0.0271. The van der Waals surface area contributed by atoms with E-state index in [2.05, 4.69) is 16.0 Å². The summed E-state index contributed by atoms with van der Waals surface area (Å²) in [5.74, 6) is -0.978. The van der Waals surface area contributed by atoms with Crippen LogP contribution in [0.3, 0.4) is 0 Å². The molecule has 2 aromatic carbocycles. The van der Waals surface area contributed by atoms with Crippen LogP contribution in [-0.2, 0) is 20.7 Å². The number of urea groups is 1. The predicted molar refractivity (Wildman–Crippen MR) is 103 cm³/mol. The van der Waals surface area contributed by atoms with Crippen molar-refractivity contribution in [1.82, 2.24) is 5.32 Å². The normalized spacial score (nSPS) is 9.96. The number of esters is 1. The van der Waals surface area contributed by atoms with Crippen LogP contribution in [0.4, 0.5) is 16.2 Å². The summed E-state index contributed by atoms with van der Waals surface area (Å²) in [5.41, 5.74) is 2.47. The molecule has 3 amide bonds. The van der Waals surface area contributed by atoms with Crippen molar-refractivity contribution in [3.8, 4) is 0 Å². The molecule has 0 bridgehead atoms. The Morgan fingerprint density at radius 2 is 1.56 bits per heavy atom. The van der Waals surface area contributed by atoms with E-state index in [1.54, 1.807) is 36.4 Å². The van der Waals surface area contributed by atoms with E-state index in [-0.39, 0.29) is 19.6 Å². The minimum atomic E-state index is -0.563. The van der Waals surface area contributed by atoms with Crippen LogP contribution in [0.25, 0.3) is 0 Å². The molecular weight excluding hydrogens is 346 g/mol. The van der Waals surface area contributed by atoms with E-state index in [0.717, 1.165) is 6.42 Å². The number of benzene rings is 2. The van der Waals surface area contributed by atoms with Crippen LogP contribution in [-0.4, -0.2) is 31.1 Å². The number of anilines is 2. The monoisotopic (exact) mass is 369 g/mol. The zero-order valence-corrected chi connectivity index (χ0v) is 15.2. The average molecular weight is 369 g/mol. The lowest BCUT2D eigenvalue weighted by atomic mass is 10.1. The van der Waals surface area contributed by atoms with Crippen molar-refractivity contribution in [3.63, 3.8) is 0 Å². The zero-order chi connectivity index (χ0) is 19.5. The molecule has 0 spiro atoms. The first-order chi connectivity index (χ1) is 13.1. The van der Waals surface area contributed by atoms with Gasteiger partial charge in [-0.3, -0.25) is 9.59 Å². The van der Waals surface area contributed by atoms with Gasteiger partial charge in [0.05, 0.1) is 6.42 Å². The van der Waals surface area contributed by atoms with Gasteiger partial charge in [-0.1, -0.05) is 37.3 Å². The summed E-state index contributed by atoms with van der Waals surface area (Å²) in [6.07, 6.45) is 0.893. The lowest BCUT2D eigenvalue weighted by Gasteiger charge is -2.08. The SMILES string of the molecule is CCc1ccc(NC(=O)COC(=O)CCNC(=O)Nc2ccccc2)cc1. The molecule has 0 saturated carbocycles. The van der Waals surface area contributed by atoms with Gasteiger partial charge in [-0.15, -0.1) is 0 Å². The lowest BCUT2D eigenvalue weighted by Crippen LogP contribution is -2.31. The number of aryl methyl sites for hydroxylation is 1. The van der Waals surface area contributed by atoms with E-state index in [1.807, 2.05) is 25.1 Å². The van der Waals surface area contributed by atoms with E-state index in [4.69, 9.17) is 4.74 Å². The standard InChI is InChI=1S/C20H23N3O4/c1-2-15-8-10-17(11-9-15)22-18(24)14-27-19(25)12-13-21-20(26)23-16-6-4-3-5-7-16/h3-11H,2,12-14H2,1H3,(H,22,24)(H2,21,23,26). The molecule has 2 aromatic rings. The van der Waals surface area contributed by atoms with E-state index in [1.165, 1.54) is 5.56 Å². The summed E-state index contributed by atoms with van der Waals surface area (Å²) < 4.78 is 4.90. The highest BCUT2D eigenvalue weighted by molar-refractivity contribution is 5.93. The van der Waals surface area contributed by atoms with Gasteiger partial charge in [-0.05, 0) is 36.2 Å². The number of amides is 3. The molecule has 0 aromatic heterocycles.